The summed E-state index contributed by atoms with van der Waals surface area (Å²) in [6, 6.07) is 8.54. The van der Waals surface area contributed by atoms with Crippen LogP contribution in [0.5, 0.6) is 0 Å². The third-order valence-electron chi connectivity index (χ3n) is 2.98. The fourth-order valence-electron chi connectivity index (χ4n) is 2.34. The first-order valence-electron chi connectivity index (χ1n) is 5.74. The summed E-state index contributed by atoms with van der Waals surface area (Å²) in [5.74, 6) is 1.40. The van der Waals surface area contributed by atoms with Crippen molar-refractivity contribution in [2.45, 2.75) is 33.1 Å². The Balaban J connectivity index is 2.35. The van der Waals surface area contributed by atoms with Gasteiger partial charge < -0.3 is 4.98 Å². The monoisotopic (exact) mass is 201 g/mol. The molecule has 0 saturated carbocycles. The molecule has 15 heavy (non-hydrogen) atoms. The van der Waals surface area contributed by atoms with Gasteiger partial charge in [0.1, 0.15) is 0 Å². The fourth-order valence-corrected chi connectivity index (χ4v) is 2.34. The van der Waals surface area contributed by atoms with E-state index in [1.165, 1.54) is 22.9 Å². The van der Waals surface area contributed by atoms with Crippen molar-refractivity contribution in [1.82, 2.24) is 4.98 Å². The van der Waals surface area contributed by atoms with E-state index in [0.29, 0.717) is 5.92 Å². The minimum absolute atomic E-state index is 0.640. The second kappa shape index (κ2) is 4.09. The predicted molar refractivity (Wildman–Crippen MR) is 66.2 cm³/mol. The Bertz CT molecular complexity index is 439. The Labute approximate surface area is 91.5 Å². The van der Waals surface area contributed by atoms with E-state index in [1.807, 2.05) is 0 Å². The molecule has 80 valence electrons. The van der Waals surface area contributed by atoms with Gasteiger partial charge in [0.25, 0.3) is 0 Å². The van der Waals surface area contributed by atoms with Crippen LogP contribution in [-0.4, -0.2) is 4.98 Å². The highest BCUT2D eigenvalue weighted by atomic mass is 14.7. The highest BCUT2D eigenvalue weighted by Crippen LogP contribution is 2.29. The molecule has 1 aromatic heterocycles. The first-order chi connectivity index (χ1) is 7.18. The number of H-pyrrole nitrogens is 1. The minimum Gasteiger partial charge on any atom is -0.361 e. The fraction of sp³-hybridized carbons (Fsp3) is 0.429. The van der Waals surface area contributed by atoms with Gasteiger partial charge in [0, 0.05) is 17.1 Å². The van der Waals surface area contributed by atoms with Gasteiger partial charge in [-0.1, -0.05) is 39.0 Å². The molecular weight excluding hydrogens is 182 g/mol. The standard InChI is InChI=1S/C14H19N/c1-10(2)8-11(3)13-9-15-14-7-5-4-6-12(13)14/h4-7,9-11,15H,8H2,1-3H3. The van der Waals surface area contributed by atoms with Crippen molar-refractivity contribution in [3.05, 3.63) is 36.0 Å². The summed E-state index contributed by atoms with van der Waals surface area (Å²) in [5, 5.41) is 1.38. The van der Waals surface area contributed by atoms with Crippen LogP contribution in [0, 0.1) is 5.92 Å². The molecule has 1 heteroatoms. The Morgan fingerprint density at radius 2 is 1.87 bits per heavy atom. The molecule has 1 N–H and O–H groups in total. The van der Waals surface area contributed by atoms with Crippen LogP contribution in [0.15, 0.2) is 30.5 Å². The highest BCUT2D eigenvalue weighted by Gasteiger charge is 2.11. The Morgan fingerprint density at radius 3 is 2.60 bits per heavy atom. The molecule has 1 heterocycles. The van der Waals surface area contributed by atoms with E-state index in [2.05, 4.69) is 56.2 Å². The molecule has 1 unspecified atom stereocenters. The average Bonchev–Trinajstić information content (AvgIpc) is 2.59. The molecule has 0 aliphatic heterocycles. The molecule has 2 aromatic rings. The molecule has 0 saturated heterocycles. The number of rotatable bonds is 3. The zero-order valence-electron chi connectivity index (χ0n) is 9.75. The van der Waals surface area contributed by atoms with E-state index in [1.54, 1.807) is 0 Å². The first kappa shape index (κ1) is 10.3. The lowest BCUT2D eigenvalue weighted by Crippen LogP contribution is -1.97. The molecule has 0 amide bonds. The van der Waals surface area contributed by atoms with E-state index in [-0.39, 0.29) is 0 Å². The molecule has 0 aliphatic rings. The van der Waals surface area contributed by atoms with Gasteiger partial charge in [-0.05, 0) is 29.9 Å². The summed E-state index contributed by atoms with van der Waals surface area (Å²) < 4.78 is 0. The molecule has 0 bridgehead atoms. The summed E-state index contributed by atoms with van der Waals surface area (Å²) >= 11 is 0. The summed E-state index contributed by atoms with van der Waals surface area (Å²) in [5.41, 5.74) is 2.71. The molecule has 0 fully saturated rings. The average molecular weight is 201 g/mol. The van der Waals surface area contributed by atoms with Crippen LogP contribution in [0.3, 0.4) is 0 Å². The Kier molecular flexibility index (Phi) is 2.81. The number of aromatic nitrogens is 1. The van der Waals surface area contributed by atoms with Crippen molar-refractivity contribution in [2.24, 2.45) is 5.92 Å². The molecule has 1 atom stereocenters. The second-order valence-electron chi connectivity index (χ2n) is 4.82. The van der Waals surface area contributed by atoms with Gasteiger partial charge >= 0.3 is 0 Å². The van der Waals surface area contributed by atoms with E-state index >= 15 is 0 Å². The van der Waals surface area contributed by atoms with E-state index in [4.69, 9.17) is 0 Å². The van der Waals surface area contributed by atoms with Crippen LogP contribution in [0.1, 0.15) is 38.7 Å². The molecule has 0 aliphatic carbocycles. The number of fused-ring (bicyclic) bond motifs is 1. The van der Waals surface area contributed by atoms with Crippen LogP contribution in [0.25, 0.3) is 10.9 Å². The summed E-state index contributed by atoms with van der Waals surface area (Å²) in [6.07, 6.45) is 3.42. The smallest absolute Gasteiger partial charge is 0.0456 e. The van der Waals surface area contributed by atoms with Crippen LogP contribution < -0.4 is 0 Å². The first-order valence-corrected chi connectivity index (χ1v) is 5.74. The second-order valence-corrected chi connectivity index (χ2v) is 4.82. The third kappa shape index (κ3) is 2.06. The zero-order valence-corrected chi connectivity index (χ0v) is 9.75. The van der Waals surface area contributed by atoms with Crippen molar-refractivity contribution < 1.29 is 0 Å². The number of para-hydroxylation sites is 1. The van der Waals surface area contributed by atoms with Crippen LogP contribution in [-0.2, 0) is 0 Å². The number of hydrogen-bond donors (Lipinski definition) is 1. The quantitative estimate of drug-likeness (QED) is 0.761. The summed E-state index contributed by atoms with van der Waals surface area (Å²) in [7, 11) is 0. The van der Waals surface area contributed by atoms with Crippen molar-refractivity contribution in [2.75, 3.05) is 0 Å². The number of benzene rings is 1. The van der Waals surface area contributed by atoms with Crippen molar-refractivity contribution in [1.29, 1.82) is 0 Å². The minimum atomic E-state index is 0.640. The third-order valence-corrected chi connectivity index (χ3v) is 2.98. The van der Waals surface area contributed by atoms with E-state index < -0.39 is 0 Å². The topological polar surface area (TPSA) is 15.8 Å². The molecule has 2 rings (SSSR count). The largest absolute Gasteiger partial charge is 0.361 e. The van der Waals surface area contributed by atoms with Crippen LogP contribution in [0.2, 0.25) is 0 Å². The molecular formula is C14H19N. The zero-order chi connectivity index (χ0) is 10.8. The number of aromatic amines is 1. The van der Waals surface area contributed by atoms with Crippen LogP contribution >= 0.6 is 0 Å². The number of nitrogens with one attached hydrogen (secondary N) is 1. The maximum absolute atomic E-state index is 3.34. The summed E-state index contributed by atoms with van der Waals surface area (Å²) in [4.78, 5) is 3.34. The maximum atomic E-state index is 3.34. The Hall–Kier alpha value is -1.24. The van der Waals surface area contributed by atoms with Crippen molar-refractivity contribution >= 4 is 10.9 Å². The lowest BCUT2D eigenvalue weighted by molar-refractivity contribution is 0.525. The van der Waals surface area contributed by atoms with Gasteiger partial charge in [0.15, 0.2) is 0 Å². The Morgan fingerprint density at radius 1 is 1.13 bits per heavy atom. The lowest BCUT2D eigenvalue weighted by Gasteiger charge is -2.12. The SMILES string of the molecule is CC(C)CC(C)c1c[nH]c2ccccc12. The molecule has 0 radical (unpaired) electrons. The van der Waals surface area contributed by atoms with Crippen LogP contribution in [0.4, 0.5) is 0 Å². The lowest BCUT2D eigenvalue weighted by atomic mass is 9.92. The van der Waals surface area contributed by atoms with Crippen molar-refractivity contribution in [3.8, 4) is 0 Å². The van der Waals surface area contributed by atoms with Crippen molar-refractivity contribution in [3.63, 3.8) is 0 Å². The van der Waals surface area contributed by atoms with Gasteiger partial charge in [-0.3, -0.25) is 0 Å². The molecule has 1 aromatic carbocycles. The highest BCUT2D eigenvalue weighted by molar-refractivity contribution is 5.83. The van der Waals surface area contributed by atoms with Gasteiger partial charge in [-0.15, -0.1) is 0 Å². The number of hydrogen-bond acceptors (Lipinski definition) is 0. The predicted octanol–water partition coefficient (Wildman–Crippen LogP) is 4.32. The van der Waals surface area contributed by atoms with Gasteiger partial charge in [0.2, 0.25) is 0 Å². The molecule has 0 spiro atoms. The normalized spacial score (nSPS) is 13.6. The van der Waals surface area contributed by atoms with E-state index in [0.717, 1.165) is 5.92 Å². The van der Waals surface area contributed by atoms with Gasteiger partial charge in [0.05, 0.1) is 0 Å². The maximum Gasteiger partial charge on any atom is 0.0456 e. The van der Waals surface area contributed by atoms with Gasteiger partial charge in [-0.25, -0.2) is 0 Å². The summed E-state index contributed by atoms with van der Waals surface area (Å²) in [6.45, 7) is 6.88. The van der Waals surface area contributed by atoms with E-state index in [9.17, 15) is 0 Å². The molecule has 1 nitrogen and oxygen atoms in total. The van der Waals surface area contributed by atoms with Gasteiger partial charge in [-0.2, -0.15) is 0 Å².